The molecule has 136 valence electrons. The summed E-state index contributed by atoms with van der Waals surface area (Å²) in [6.45, 7) is -0.637. The van der Waals surface area contributed by atoms with Crippen LogP contribution in [0.3, 0.4) is 0 Å². The third-order valence-electron chi connectivity index (χ3n) is 3.11. The van der Waals surface area contributed by atoms with Crippen molar-refractivity contribution in [3.05, 3.63) is 70.8 Å². The third kappa shape index (κ3) is 5.93. The predicted molar refractivity (Wildman–Crippen MR) is 91.5 cm³/mol. The Morgan fingerprint density at radius 3 is 2.46 bits per heavy atom. The second-order valence-corrected chi connectivity index (χ2v) is 5.50. The minimum Gasteiger partial charge on any atom is -0.452 e. The van der Waals surface area contributed by atoms with Crippen LogP contribution in [0.1, 0.15) is 11.1 Å². The molecule has 26 heavy (non-hydrogen) atoms. The lowest BCUT2D eigenvalue weighted by molar-refractivity contribution is -0.142. The van der Waals surface area contributed by atoms with Gasteiger partial charge in [-0.05, 0) is 29.8 Å². The van der Waals surface area contributed by atoms with Crippen molar-refractivity contribution >= 4 is 35.2 Å². The maximum absolute atomic E-state index is 12.8. The van der Waals surface area contributed by atoms with Gasteiger partial charge in [0.05, 0.1) is 10.6 Å². The Morgan fingerprint density at radius 2 is 1.81 bits per heavy atom. The number of rotatable bonds is 5. The Morgan fingerprint density at radius 1 is 1.12 bits per heavy atom. The minimum atomic E-state index is -4.65. The van der Waals surface area contributed by atoms with E-state index in [9.17, 15) is 22.8 Å². The Labute approximate surface area is 152 Å². The number of nitrogens with one attached hydrogen (secondary N) is 1. The van der Waals surface area contributed by atoms with Crippen LogP contribution in [0.25, 0.3) is 6.08 Å². The van der Waals surface area contributed by atoms with Gasteiger partial charge < -0.3 is 10.1 Å². The lowest BCUT2D eigenvalue weighted by Crippen LogP contribution is -2.20. The number of hydrogen-bond donors (Lipinski definition) is 1. The molecule has 8 heteroatoms. The first kappa shape index (κ1) is 19.5. The Kier molecular flexibility index (Phi) is 6.41. The number of anilines is 1. The molecule has 0 saturated carbocycles. The van der Waals surface area contributed by atoms with Crippen molar-refractivity contribution in [1.29, 1.82) is 0 Å². The van der Waals surface area contributed by atoms with E-state index in [-0.39, 0.29) is 5.69 Å². The van der Waals surface area contributed by atoms with E-state index in [1.807, 2.05) is 6.07 Å². The average Bonchev–Trinajstić information content (AvgIpc) is 2.60. The summed E-state index contributed by atoms with van der Waals surface area (Å²) in [5.74, 6) is -1.53. The molecule has 1 N–H and O–H groups in total. The van der Waals surface area contributed by atoms with Crippen molar-refractivity contribution in [3.63, 3.8) is 0 Å². The summed E-state index contributed by atoms with van der Waals surface area (Å²) in [4.78, 5) is 23.3. The molecule has 0 saturated heterocycles. The predicted octanol–water partition coefficient (Wildman–Crippen LogP) is 4.55. The van der Waals surface area contributed by atoms with Crippen LogP contribution in [-0.2, 0) is 20.5 Å². The highest BCUT2D eigenvalue weighted by Gasteiger charge is 2.33. The standard InChI is InChI=1S/C18H13ClF3NO3/c19-15-8-7-13(10-14(15)18(20,21)22)23-16(24)11-26-17(25)9-6-12-4-2-1-3-5-12/h1-10H,11H2,(H,23,24)/b9-6+. The van der Waals surface area contributed by atoms with Crippen molar-refractivity contribution in [2.24, 2.45) is 0 Å². The highest BCUT2D eigenvalue weighted by atomic mass is 35.5. The molecule has 0 aliphatic heterocycles. The first-order valence-corrected chi connectivity index (χ1v) is 7.70. The molecule has 0 radical (unpaired) electrons. The van der Waals surface area contributed by atoms with Gasteiger partial charge in [0.25, 0.3) is 5.91 Å². The molecule has 2 aromatic carbocycles. The number of carbonyl (C=O) groups is 2. The minimum absolute atomic E-state index is 0.109. The molecule has 0 aliphatic carbocycles. The van der Waals surface area contributed by atoms with Crippen LogP contribution in [0.15, 0.2) is 54.6 Å². The zero-order chi connectivity index (χ0) is 19.2. The van der Waals surface area contributed by atoms with Crippen LogP contribution in [0.5, 0.6) is 0 Å². The summed E-state index contributed by atoms with van der Waals surface area (Å²) in [6.07, 6.45) is -1.99. The normalized spacial score (nSPS) is 11.4. The molecule has 1 amide bonds. The van der Waals surface area contributed by atoms with E-state index in [1.54, 1.807) is 24.3 Å². The summed E-state index contributed by atoms with van der Waals surface area (Å²) in [5, 5.41) is 1.73. The van der Waals surface area contributed by atoms with E-state index < -0.39 is 35.2 Å². The van der Waals surface area contributed by atoms with E-state index in [0.717, 1.165) is 17.7 Å². The summed E-state index contributed by atoms with van der Waals surface area (Å²) in [7, 11) is 0. The zero-order valence-corrected chi connectivity index (χ0v) is 14.0. The van der Waals surface area contributed by atoms with E-state index in [0.29, 0.717) is 6.07 Å². The molecular weight excluding hydrogens is 371 g/mol. The smallest absolute Gasteiger partial charge is 0.417 e. The summed E-state index contributed by atoms with van der Waals surface area (Å²) in [5.41, 5.74) is -0.405. The van der Waals surface area contributed by atoms with Crippen LogP contribution in [0.2, 0.25) is 5.02 Å². The number of amides is 1. The Balaban J connectivity index is 1.89. The molecule has 0 heterocycles. The fourth-order valence-electron chi connectivity index (χ4n) is 1.93. The third-order valence-corrected chi connectivity index (χ3v) is 3.44. The number of halogens is 4. The molecule has 4 nitrogen and oxygen atoms in total. The number of ether oxygens (including phenoxy) is 1. The van der Waals surface area contributed by atoms with Crippen molar-refractivity contribution < 1.29 is 27.5 Å². The molecular formula is C18H13ClF3NO3. The molecule has 0 atom stereocenters. The number of hydrogen-bond acceptors (Lipinski definition) is 3. The molecule has 0 bridgehead atoms. The highest BCUT2D eigenvalue weighted by molar-refractivity contribution is 6.31. The topological polar surface area (TPSA) is 55.4 Å². The fourth-order valence-corrected chi connectivity index (χ4v) is 2.16. The maximum Gasteiger partial charge on any atom is 0.417 e. The van der Waals surface area contributed by atoms with Gasteiger partial charge in [-0.3, -0.25) is 4.79 Å². The molecule has 0 spiro atoms. The second kappa shape index (κ2) is 8.53. The molecule has 0 aromatic heterocycles. The first-order chi connectivity index (χ1) is 12.3. The van der Waals surface area contributed by atoms with E-state index in [4.69, 9.17) is 16.3 Å². The lowest BCUT2D eigenvalue weighted by Gasteiger charge is -2.11. The number of alkyl halides is 3. The van der Waals surface area contributed by atoms with Crippen molar-refractivity contribution in [1.82, 2.24) is 0 Å². The summed E-state index contributed by atoms with van der Waals surface area (Å²) < 4.78 is 43.0. The zero-order valence-electron chi connectivity index (χ0n) is 13.2. The molecule has 2 aromatic rings. The van der Waals surface area contributed by atoms with Gasteiger partial charge in [-0.2, -0.15) is 13.2 Å². The molecule has 0 fully saturated rings. The van der Waals surface area contributed by atoms with Crippen molar-refractivity contribution in [2.45, 2.75) is 6.18 Å². The molecule has 0 aliphatic rings. The van der Waals surface area contributed by atoms with Gasteiger partial charge in [-0.25, -0.2) is 4.79 Å². The fraction of sp³-hybridized carbons (Fsp3) is 0.111. The van der Waals surface area contributed by atoms with Crippen molar-refractivity contribution in [3.8, 4) is 0 Å². The molecule has 2 rings (SSSR count). The largest absolute Gasteiger partial charge is 0.452 e. The maximum atomic E-state index is 12.8. The Bertz CT molecular complexity index is 820. The van der Waals surface area contributed by atoms with Gasteiger partial charge in [0, 0.05) is 11.8 Å². The van der Waals surface area contributed by atoms with Gasteiger partial charge in [-0.1, -0.05) is 41.9 Å². The van der Waals surface area contributed by atoms with Gasteiger partial charge in [0.2, 0.25) is 0 Å². The Hall–Kier alpha value is -2.80. The van der Waals surface area contributed by atoms with Crippen LogP contribution in [0.4, 0.5) is 18.9 Å². The van der Waals surface area contributed by atoms with Gasteiger partial charge >= 0.3 is 12.1 Å². The monoisotopic (exact) mass is 383 g/mol. The lowest BCUT2D eigenvalue weighted by atomic mass is 10.2. The van der Waals surface area contributed by atoms with Gasteiger partial charge in [-0.15, -0.1) is 0 Å². The van der Waals surface area contributed by atoms with E-state index >= 15 is 0 Å². The first-order valence-electron chi connectivity index (χ1n) is 7.32. The SMILES string of the molecule is O=C(COC(=O)/C=C/c1ccccc1)Nc1ccc(Cl)c(C(F)(F)F)c1. The quantitative estimate of drug-likeness (QED) is 0.608. The van der Waals surface area contributed by atoms with Crippen LogP contribution in [0, 0.1) is 0 Å². The number of carbonyl (C=O) groups excluding carboxylic acids is 2. The van der Waals surface area contributed by atoms with Crippen LogP contribution < -0.4 is 5.32 Å². The van der Waals surface area contributed by atoms with E-state index in [1.165, 1.54) is 12.1 Å². The molecule has 0 unspecified atom stereocenters. The van der Waals surface area contributed by atoms with Gasteiger partial charge in [0.15, 0.2) is 6.61 Å². The highest BCUT2D eigenvalue weighted by Crippen LogP contribution is 2.36. The summed E-state index contributed by atoms with van der Waals surface area (Å²) >= 11 is 5.50. The second-order valence-electron chi connectivity index (χ2n) is 5.09. The number of benzene rings is 2. The van der Waals surface area contributed by atoms with Crippen LogP contribution >= 0.6 is 11.6 Å². The summed E-state index contributed by atoms with van der Waals surface area (Å²) in [6, 6.07) is 11.9. The van der Waals surface area contributed by atoms with Crippen LogP contribution in [-0.4, -0.2) is 18.5 Å². The average molecular weight is 384 g/mol. The van der Waals surface area contributed by atoms with E-state index in [2.05, 4.69) is 5.32 Å². The van der Waals surface area contributed by atoms with Crippen molar-refractivity contribution in [2.75, 3.05) is 11.9 Å². The van der Waals surface area contributed by atoms with Gasteiger partial charge in [0.1, 0.15) is 0 Å². The number of esters is 1.